The Kier molecular flexibility index (Phi) is 8.32. The smallest absolute Gasteiger partial charge is 0.261 e. The molecule has 0 radical (unpaired) electrons. The van der Waals surface area contributed by atoms with Gasteiger partial charge in [-0.05, 0) is 91.6 Å². The summed E-state index contributed by atoms with van der Waals surface area (Å²) >= 11 is 0. The van der Waals surface area contributed by atoms with Gasteiger partial charge < -0.3 is 5.32 Å². The molecule has 0 atom stereocenters. The van der Waals surface area contributed by atoms with Crippen LogP contribution >= 0.6 is 0 Å². The molecule has 0 aromatic heterocycles. The first-order chi connectivity index (χ1) is 18.8. The number of aryl methyl sites for hydroxylation is 3. The lowest BCUT2D eigenvalue weighted by atomic mass is 10.1. The molecule has 10 heteroatoms. The van der Waals surface area contributed by atoms with Crippen molar-refractivity contribution in [2.24, 2.45) is 0 Å². The molecule has 4 aromatic rings. The molecular formula is C30H31N3O5S2. The molecular weight excluding hydrogens is 546 g/mol. The Bertz CT molecular complexity index is 1730. The van der Waals surface area contributed by atoms with E-state index < -0.39 is 26.0 Å². The van der Waals surface area contributed by atoms with E-state index in [1.807, 2.05) is 63.2 Å². The van der Waals surface area contributed by atoms with Gasteiger partial charge in [-0.1, -0.05) is 42.5 Å². The van der Waals surface area contributed by atoms with Crippen LogP contribution in [0.2, 0.25) is 0 Å². The van der Waals surface area contributed by atoms with Crippen molar-refractivity contribution in [3.05, 3.63) is 119 Å². The minimum Gasteiger partial charge on any atom is -0.322 e. The summed E-state index contributed by atoms with van der Waals surface area (Å²) in [5.74, 6) is -0.416. The lowest BCUT2D eigenvalue weighted by molar-refractivity contribution is 0.102. The van der Waals surface area contributed by atoms with Gasteiger partial charge in [0.2, 0.25) is 10.0 Å². The number of nitrogens with zero attached hydrogens (tertiary/aromatic N) is 1. The highest BCUT2D eigenvalue weighted by Crippen LogP contribution is 2.25. The minimum absolute atomic E-state index is 0.0621. The molecule has 0 fully saturated rings. The molecule has 4 rings (SSSR count). The van der Waals surface area contributed by atoms with Crippen molar-refractivity contribution in [1.82, 2.24) is 0 Å². The highest BCUT2D eigenvalue weighted by atomic mass is 32.2. The molecule has 0 spiro atoms. The number of hydrogen-bond acceptors (Lipinski definition) is 5. The molecule has 8 nitrogen and oxygen atoms in total. The summed E-state index contributed by atoms with van der Waals surface area (Å²) in [4.78, 5) is 12.9. The molecule has 0 heterocycles. The number of sulfonamides is 2. The summed E-state index contributed by atoms with van der Waals surface area (Å²) in [7, 11) is -7.40. The Morgan fingerprint density at radius 1 is 0.725 bits per heavy atom. The number of para-hydroxylation sites is 1. The van der Waals surface area contributed by atoms with Crippen molar-refractivity contribution in [1.29, 1.82) is 0 Å². The predicted octanol–water partition coefficient (Wildman–Crippen LogP) is 5.63. The highest BCUT2D eigenvalue weighted by molar-refractivity contribution is 7.92. The van der Waals surface area contributed by atoms with Crippen LogP contribution in [0.15, 0.2) is 95.9 Å². The maximum absolute atomic E-state index is 12.9. The van der Waals surface area contributed by atoms with E-state index in [1.54, 1.807) is 24.3 Å². The van der Waals surface area contributed by atoms with E-state index in [0.717, 1.165) is 28.5 Å². The number of hydrogen-bond donors (Lipinski definition) is 2. The summed E-state index contributed by atoms with van der Waals surface area (Å²) < 4.78 is 54.8. The third-order valence-electron chi connectivity index (χ3n) is 6.53. The Morgan fingerprint density at radius 3 is 1.88 bits per heavy atom. The van der Waals surface area contributed by atoms with E-state index in [1.165, 1.54) is 28.6 Å². The number of carbonyl (C=O) groups is 1. The Morgan fingerprint density at radius 2 is 1.30 bits per heavy atom. The number of carbonyl (C=O) groups excluding carboxylic acids is 1. The third-order valence-corrected chi connectivity index (χ3v) is 9.04. The zero-order valence-electron chi connectivity index (χ0n) is 22.7. The standard InChI is InChI=1S/C30H31N3O5S2/c1-21-8-5-6-11-25(21)20-33(39(4,35)36)27-16-12-24(13-17-27)30(34)31-26-14-18-28(19-15-26)40(37,38)32-29-22(2)9-7-10-23(29)3/h5-19,32H,20H2,1-4H3,(H,31,34). The van der Waals surface area contributed by atoms with Crippen LogP contribution < -0.4 is 14.3 Å². The SMILES string of the molecule is Cc1ccccc1CN(c1ccc(C(=O)Nc2ccc(S(=O)(=O)Nc3c(C)cccc3C)cc2)cc1)S(C)(=O)=O. The second-order valence-corrected chi connectivity index (χ2v) is 13.2. The van der Waals surface area contributed by atoms with Gasteiger partial charge in [0.05, 0.1) is 29.1 Å². The zero-order valence-corrected chi connectivity index (χ0v) is 24.3. The van der Waals surface area contributed by atoms with Gasteiger partial charge in [0, 0.05) is 11.3 Å². The number of amides is 1. The molecule has 0 aliphatic rings. The van der Waals surface area contributed by atoms with Crippen LogP contribution in [0, 0.1) is 20.8 Å². The Balaban J connectivity index is 1.47. The molecule has 208 valence electrons. The average Bonchev–Trinajstić information content (AvgIpc) is 2.90. The topological polar surface area (TPSA) is 113 Å². The zero-order chi connectivity index (χ0) is 29.1. The fourth-order valence-electron chi connectivity index (χ4n) is 4.21. The summed E-state index contributed by atoms with van der Waals surface area (Å²) in [5.41, 5.74) is 5.20. The molecule has 2 N–H and O–H groups in total. The summed E-state index contributed by atoms with van der Waals surface area (Å²) in [6.07, 6.45) is 1.15. The molecule has 0 saturated heterocycles. The fourth-order valence-corrected chi connectivity index (χ4v) is 6.29. The molecule has 0 aliphatic heterocycles. The first-order valence-corrected chi connectivity index (χ1v) is 15.8. The van der Waals surface area contributed by atoms with Crippen LogP contribution in [0.4, 0.5) is 17.1 Å². The maximum atomic E-state index is 12.9. The number of benzene rings is 4. The van der Waals surface area contributed by atoms with Gasteiger partial charge in [-0.15, -0.1) is 0 Å². The van der Waals surface area contributed by atoms with E-state index in [2.05, 4.69) is 10.0 Å². The minimum atomic E-state index is -3.82. The van der Waals surface area contributed by atoms with Crippen molar-refractivity contribution in [2.45, 2.75) is 32.2 Å². The molecule has 0 bridgehead atoms. The van der Waals surface area contributed by atoms with Gasteiger partial charge >= 0.3 is 0 Å². The van der Waals surface area contributed by atoms with Gasteiger partial charge in [0.25, 0.3) is 15.9 Å². The fraction of sp³-hybridized carbons (Fsp3) is 0.167. The van der Waals surface area contributed by atoms with Gasteiger partial charge in [-0.3, -0.25) is 13.8 Å². The predicted molar refractivity (Wildman–Crippen MR) is 160 cm³/mol. The Hall–Kier alpha value is -4.15. The molecule has 0 saturated carbocycles. The number of anilines is 3. The third kappa shape index (κ3) is 6.70. The van der Waals surface area contributed by atoms with Gasteiger partial charge in [0.1, 0.15) is 0 Å². The summed E-state index contributed by atoms with van der Waals surface area (Å²) in [6.45, 7) is 5.76. The second-order valence-electron chi connectivity index (χ2n) is 9.59. The van der Waals surface area contributed by atoms with E-state index >= 15 is 0 Å². The molecule has 40 heavy (non-hydrogen) atoms. The Labute approximate surface area is 235 Å². The van der Waals surface area contributed by atoms with Crippen molar-refractivity contribution in [3.63, 3.8) is 0 Å². The van der Waals surface area contributed by atoms with Gasteiger partial charge in [0.15, 0.2) is 0 Å². The first kappa shape index (κ1) is 28.8. The normalized spacial score (nSPS) is 11.6. The van der Waals surface area contributed by atoms with E-state index in [0.29, 0.717) is 22.6 Å². The van der Waals surface area contributed by atoms with Crippen LogP contribution in [0.25, 0.3) is 0 Å². The van der Waals surface area contributed by atoms with Crippen molar-refractivity contribution >= 4 is 43.0 Å². The van der Waals surface area contributed by atoms with Crippen molar-refractivity contribution in [2.75, 3.05) is 20.6 Å². The van der Waals surface area contributed by atoms with Crippen molar-refractivity contribution in [3.8, 4) is 0 Å². The monoisotopic (exact) mass is 577 g/mol. The van der Waals surface area contributed by atoms with Crippen LogP contribution in [0.1, 0.15) is 32.6 Å². The average molecular weight is 578 g/mol. The number of rotatable bonds is 9. The van der Waals surface area contributed by atoms with Gasteiger partial charge in [-0.2, -0.15) is 0 Å². The van der Waals surface area contributed by atoms with Crippen LogP contribution in [-0.2, 0) is 26.6 Å². The quantitative estimate of drug-likeness (QED) is 0.268. The van der Waals surface area contributed by atoms with Crippen LogP contribution in [-0.4, -0.2) is 29.0 Å². The van der Waals surface area contributed by atoms with Crippen LogP contribution in [0.5, 0.6) is 0 Å². The van der Waals surface area contributed by atoms with Crippen molar-refractivity contribution < 1.29 is 21.6 Å². The molecule has 0 aliphatic carbocycles. The molecule has 0 unspecified atom stereocenters. The molecule has 1 amide bonds. The second kappa shape index (κ2) is 11.5. The number of nitrogens with one attached hydrogen (secondary N) is 2. The maximum Gasteiger partial charge on any atom is 0.261 e. The summed E-state index contributed by atoms with van der Waals surface area (Å²) in [6, 6.07) is 25.2. The lowest BCUT2D eigenvalue weighted by Crippen LogP contribution is -2.29. The molecule has 4 aromatic carbocycles. The van der Waals surface area contributed by atoms with E-state index in [-0.39, 0.29) is 11.4 Å². The largest absolute Gasteiger partial charge is 0.322 e. The van der Waals surface area contributed by atoms with Crippen LogP contribution in [0.3, 0.4) is 0 Å². The van der Waals surface area contributed by atoms with E-state index in [9.17, 15) is 21.6 Å². The van der Waals surface area contributed by atoms with Gasteiger partial charge in [-0.25, -0.2) is 16.8 Å². The first-order valence-electron chi connectivity index (χ1n) is 12.5. The summed E-state index contributed by atoms with van der Waals surface area (Å²) in [5, 5.41) is 2.75. The van der Waals surface area contributed by atoms with E-state index in [4.69, 9.17) is 0 Å². The lowest BCUT2D eigenvalue weighted by Gasteiger charge is -2.23. The highest BCUT2D eigenvalue weighted by Gasteiger charge is 2.20.